The molecule has 1 unspecified atom stereocenters. The monoisotopic (exact) mass is 277 g/mol. The Morgan fingerprint density at radius 3 is 2.95 bits per heavy atom. The number of pyridine rings is 1. The Morgan fingerprint density at radius 1 is 1.47 bits per heavy atom. The van der Waals surface area contributed by atoms with Crippen LogP contribution >= 0.6 is 11.8 Å². The molecule has 1 N–H and O–H groups in total. The summed E-state index contributed by atoms with van der Waals surface area (Å²) in [7, 11) is 0. The van der Waals surface area contributed by atoms with Crippen LogP contribution < -0.4 is 5.32 Å². The van der Waals surface area contributed by atoms with Crippen LogP contribution in [0.4, 0.5) is 11.4 Å². The van der Waals surface area contributed by atoms with E-state index in [0.717, 1.165) is 16.8 Å². The van der Waals surface area contributed by atoms with Gasteiger partial charge in [0.1, 0.15) is 5.52 Å². The van der Waals surface area contributed by atoms with Gasteiger partial charge in [-0.25, -0.2) is 4.98 Å². The van der Waals surface area contributed by atoms with E-state index < -0.39 is 4.92 Å². The van der Waals surface area contributed by atoms with Gasteiger partial charge in [0.05, 0.1) is 4.92 Å². The first-order valence-electron chi connectivity index (χ1n) is 5.91. The summed E-state index contributed by atoms with van der Waals surface area (Å²) >= 11 is 1.76. The molecule has 1 aromatic carbocycles. The molecule has 0 aliphatic carbocycles. The van der Waals surface area contributed by atoms with Crippen LogP contribution in [-0.2, 0) is 0 Å². The number of thioether (sulfide) groups is 1. The predicted molar refractivity (Wildman–Crippen MR) is 79.9 cm³/mol. The lowest BCUT2D eigenvalue weighted by Crippen LogP contribution is -2.17. The Morgan fingerprint density at radius 2 is 2.26 bits per heavy atom. The van der Waals surface area contributed by atoms with Gasteiger partial charge in [0.15, 0.2) is 0 Å². The molecule has 100 valence electrons. The van der Waals surface area contributed by atoms with Crippen molar-refractivity contribution in [1.82, 2.24) is 4.98 Å². The number of hydrogen-bond donors (Lipinski definition) is 1. The lowest BCUT2D eigenvalue weighted by atomic mass is 10.1. The number of benzene rings is 1. The SMILES string of the molecule is CSCC(C)Nc1ccc([N+](=O)[O-])c2ncccc12. The second-order valence-electron chi connectivity index (χ2n) is 4.29. The van der Waals surface area contributed by atoms with Gasteiger partial charge in [-0.3, -0.25) is 10.1 Å². The van der Waals surface area contributed by atoms with E-state index in [4.69, 9.17) is 0 Å². The Hall–Kier alpha value is -1.82. The van der Waals surface area contributed by atoms with Crippen molar-refractivity contribution in [1.29, 1.82) is 0 Å². The molecule has 0 aliphatic rings. The first-order valence-corrected chi connectivity index (χ1v) is 7.30. The summed E-state index contributed by atoms with van der Waals surface area (Å²) in [6, 6.07) is 7.18. The minimum atomic E-state index is -0.398. The zero-order valence-corrected chi connectivity index (χ0v) is 11.6. The summed E-state index contributed by atoms with van der Waals surface area (Å²) in [5, 5.41) is 15.1. The van der Waals surface area contributed by atoms with E-state index in [1.165, 1.54) is 6.07 Å². The summed E-state index contributed by atoms with van der Waals surface area (Å²) < 4.78 is 0. The molecule has 0 fully saturated rings. The minimum Gasteiger partial charge on any atom is -0.381 e. The fourth-order valence-electron chi connectivity index (χ4n) is 1.99. The lowest BCUT2D eigenvalue weighted by Gasteiger charge is -2.15. The number of rotatable bonds is 5. The van der Waals surface area contributed by atoms with E-state index in [1.807, 2.05) is 12.3 Å². The molecule has 19 heavy (non-hydrogen) atoms. The summed E-state index contributed by atoms with van der Waals surface area (Å²) in [6.07, 6.45) is 3.62. The maximum atomic E-state index is 11.0. The lowest BCUT2D eigenvalue weighted by molar-refractivity contribution is -0.383. The maximum Gasteiger partial charge on any atom is 0.295 e. The molecule has 2 aromatic rings. The summed E-state index contributed by atoms with van der Waals surface area (Å²) in [6.45, 7) is 2.08. The Labute approximate surface area is 115 Å². The van der Waals surface area contributed by atoms with Crippen molar-refractivity contribution < 1.29 is 4.92 Å². The van der Waals surface area contributed by atoms with Crippen LogP contribution in [0, 0.1) is 10.1 Å². The molecule has 2 rings (SSSR count). The van der Waals surface area contributed by atoms with Gasteiger partial charge in [-0.15, -0.1) is 0 Å². The van der Waals surface area contributed by atoms with Gasteiger partial charge in [0, 0.05) is 35.1 Å². The van der Waals surface area contributed by atoms with Crippen molar-refractivity contribution in [3.8, 4) is 0 Å². The molecule has 0 saturated carbocycles. The fourth-order valence-corrected chi connectivity index (χ4v) is 2.57. The van der Waals surface area contributed by atoms with Gasteiger partial charge < -0.3 is 5.32 Å². The molecule has 1 atom stereocenters. The standard InChI is InChI=1S/C13H15N3O2S/c1-9(8-19-2)15-11-5-6-12(16(17)18)13-10(11)4-3-7-14-13/h3-7,9,15H,8H2,1-2H3. The molecule has 0 bridgehead atoms. The van der Waals surface area contributed by atoms with Crippen molar-refractivity contribution >= 4 is 34.0 Å². The van der Waals surface area contributed by atoms with Crippen molar-refractivity contribution in [3.05, 3.63) is 40.6 Å². The van der Waals surface area contributed by atoms with Gasteiger partial charge in [-0.1, -0.05) is 0 Å². The Bertz CT molecular complexity index is 603. The molecule has 0 spiro atoms. The highest BCUT2D eigenvalue weighted by Crippen LogP contribution is 2.30. The number of nitrogens with one attached hydrogen (secondary N) is 1. The number of aromatic nitrogens is 1. The van der Waals surface area contributed by atoms with Crippen molar-refractivity contribution in [3.63, 3.8) is 0 Å². The number of hydrogen-bond acceptors (Lipinski definition) is 5. The average Bonchev–Trinajstić information content (AvgIpc) is 2.39. The first-order chi connectivity index (χ1) is 9.13. The molecule has 1 heterocycles. The number of nitrogens with zero attached hydrogens (tertiary/aromatic N) is 2. The highest BCUT2D eigenvalue weighted by atomic mass is 32.2. The molecule has 6 heteroatoms. The number of nitro groups is 1. The largest absolute Gasteiger partial charge is 0.381 e. The van der Waals surface area contributed by atoms with Gasteiger partial charge in [0.2, 0.25) is 0 Å². The van der Waals surface area contributed by atoms with Crippen LogP contribution in [0.3, 0.4) is 0 Å². The predicted octanol–water partition coefficient (Wildman–Crippen LogP) is 3.31. The zero-order valence-electron chi connectivity index (χ0n) is 10.8. The molecular formula is C13H15N3O2S. The Kier molecular flexibility index (Phi) is 4.21. The van der Waals surface area contributed by atoms with Gasteiger partial charge in [0.25, 0.3) is 5.69 Å². The molecular weight excluding hydrogens is 262 g/mol. The molecule has 0 saturated heterocycles. The second-order valence-corrected chi connectivity index (χ2v) is 5.20. The third-order valence-corrected chi connectivity index (χ3v) is 3.60. The topological polar surface area (TPSA) is 68.1 Å². The van der Waals surface area contributed by atoms with Gasteiger partial charge >= 0.3 is 0 Å². The van der Waals surface area contributed by atoms with Gasteiger partial charge in [-0.05, 0) is 31.4 Å². The summed E-state index contributed by atoms with van der Waals surface area (Å²) in [5.41, 5.74) is 1.35. The zero-order chi connectivity index (χ0) is 13.8. The third-order valence-electron chi connectivity index (χ3n) is 2.76. The van der Waals surface area contributed by atoms with Gasteiger partial charge in [-0.2, -0.15) is 11.8 Å². The molecule has 0 radical (unpaired) electrons. The average molecular weight is 277 g/mol. The maximum absolute atomic E-state index is 11.0. The van der Waals surface area contributed by atoms with Crippen LogP contribution in [-0.4, -0.2) is 28.0 Å². The number of nitro benzene ring substituents is 1. The Balaban J connectivity index is 2.46. The minimum absolute atomic E-state index is 0.0404. The van der Waals surface area contributed by atoms with Crippen molar-refractivity contribution in [2.45, 2.75) is 13.0 Å². The first kappa shape index (κ1) is 13.6. The van der Waals surface area contributed by atoms with Crippen LogP contribution in [0.5, 0.6) is 0 Å². The fraction of sp³-hybridized carbons (Fsp3) is 0.308. The number of anilines is 1. The van der Waals surface area contributed by atoms with Crippen molar-refractivity contribution in [2.75, 3.05) is 17.3 Å². The normalized spacial score (nSPS) is 12.3. The summed E-state index contributed by atoms with van der Waals surface area (Å²) in [5.74, 6) is 0.971. The van der Waals surface area contributed by atoms with Crippen molar-refractivity contribution in [2.24, 2.45) is 0 Å². The quantitative estimate of drug-likeness (QED) is 0.670. The highest BCUT2D eigenvalue weighted by Gasteiger charge is 2.15. The van der Waals surface area contributed by atoms with E-state index >= 15 is 0 Å². The number of fused-ring (bicyclic) bond motifs is 1. The van der Waals surface area contributed by atoms with Crippen LogP contribution in [0.15, 0.2) is 30.5 Å². The smallest absolute Gasteiger partial charge is 0.295 e. The van der Waals surface area contributed by atoms with Crippen LogP contribution in [0.25, 0.3) is 10.9 Å². The second kappa shape index (κ2) is 5.88. The molecule has 0 amide bonds. The van der Waals surface area contributed by atoms with Crippen LogP contribution in [0.1, 0.15) is 6.92 Å². The number of non-ortho nitro benzene ring substituents is 1. The van der Waals surface area contributed by atoms with E-state index in [2.05, 4.69) is 17.2 Å². The van der Waals surface area contributed by atoms with E-state index in [-0.39, 0.29) is 5.69 Å². The molecule has 0 aliphatic heterocycles. The van der Waals surface area contributed by atoms with E-state index in [9.17, 15) is 10.1 Å². The summed E-state index contributed by atoms with van der Waals surface area (Å²) in [4.78, 5) is 14.7. The van der Waals surface area contributed by atoms with E-state index in [0.29, 0.717) is 11.6 Å². The highest BCUT2D eigenvalue weighted by molar-refractivity contribution is 7.98. The van der Waals surface area contributed by atoms with E-state index in [1.54, 1.807) is 30.1 Å². The molecule has 1 aromatic heterocycles. The molecule has 5 nitrogen and oxygen atoms in total. The van der Waals surface area contributed by atoms with Crippen LogP contribution in [0.2, 0.25) is 0 Å². The third kappa shape index (κ3) is 2.96.